The Balaban J connectivity index is 2.95. The summed E-state index contributed by atoms with van der Waals surface area (Å²) in [5, 5.41) is 0. The fraction of sp³-hybridized carbons (Fsp3) is 0.789. The Morgan fingerprint density at radius 1 is 0.567 bits per heavy atom. The predicted molar refractivity (Wildman–Crippen MR) is 108 cm³/mol. The van der Waals surface area contributed by atoms with Crippen molar-refractivity contribution >= 4 is 23.8 Å². The zero-order chi connectivity index (χ0) is 22.5. The van der Waals surface area contributed by atoms with Crippen molar-refractivity contribution in [2.45, 2.75) is 6.92 Å². The molecule has 1 amide bonds. The Morgan fingerprint density at radius 2 is 0.833 bits per heavy atom. The molecule has 1 saturated heterocycles. The largest absolute Gasteiger partial charge is 0.468 e. The van der Waals surface area contributed by atoms with E-state index >= 15 is 0 Å². The van der Waals surface area contributed by atoms with Crippen molar-refractivity contribution in [3.8, 4) is 0 Å². The lowest BCUT2D eigenvalue weighted by molar-refractivity contribution is -0.144. The van der Waals surface area contributed by atoms with Crippen molar-refractivity contribution in [1.29, 1.82) is 0 Å². The molecule has 11 heteroatoms. The number of esters is 3. The molecule has 0 unspecified atom stereocenters. The molecule has 0 aromatic rings. The highest BCUT2D eigenvalue weighted by molar-refractivity contribution is 5.73. The first-order valence-corrected chi connectivity index (χ1v) is 9.92. The van der Waals surface area contributed by atoms with Crippen LogP contribution in [0, 0.1) is 0 Å². The standard InChI is InChI=1S/C19H34N4O7/c1-16(24)23-11-9-21(14-18(26)29-3)7-5-20(13-17(25)28-2)6-8-22(10-12-23)15-19(27)30-4/h5-15H2,1-4H3. The van der Waals surface area contributed by atoms with Crippen LogP contribution in [0.15, 0.2) is 0 Å². The first kappa shape index (κ1) is 25.8. The summed E-state index contributed by atoms with van der Waals surface area (Å²) in [7, 11) is 4.00. The molecular weight excluding hydrogens is 396 g/mol. The van der Waals surface area contributed by atoms with E-state index in [1.165, 1.54) is 28.3 Å². The normalized spacial score (nSPS) is 18.1. The van der Waals surface area contributed by atoms with Gasteiger partial charge in [-0.2, -0.15) is 0 Å². The highest BCUT2D eigenvalue weighted by Gasteiger charge is 2.21. The molecule has 0 N–H and O–H groups in total. The van der Waals surface area contributed by atoms with Gasteiger partial charge in [0.05, 0.1) is 41.0 Å². The van der Waals surface area contributed by atoms with Gasteiger partial charge in [-0.15, -0.1) is 0 Å². The lowest BCUT2D eigenvalue weighted by Crippen LogP contribution is -2.49. The summed E-state index contributed by atoms with van der Waals surface area (Å²) in [6.07, 6.45) is 0. The molecule has 1 aliphatic heterocycles. The topological polar surface area (TPSA) is 109 Å². The molecule has 1 aliphatic rings. The highest BCUT2D eigenvalue weighted by atomic mass is 16.5. The van der Waals surface area contributed by atoms with Crippen molar-refractivity contribution < 1.29 is 33.4 Å². The van der Waals surface area contributed by atoms with E-state index in [9.17, 15) is 19.2 Å². The minimum atomic E-state index is -0.361. The number of hydrogen-bond donors (Lipinski definition) is 0. The van der Waals surface area contributed by atoms with Crippen LogP contribution in [-0.4, -0.2) is 137 Å². The number of ether oxygens (including phenoxy) is 3. The van der Waals surface area contributed by atoms with Gasteiger partial charge < -0.3 is 19.1 Å². The number of rotatable bonds is 6. The van der Waals surface area contributed by atoms with Crippen molar-refractivity contribution in [1.82, 2.24) is 19.6 Å². The fourth-order valence-corrected chi connectivity index (χ4v) is 3.07. The van der Waals surface area contributed by atoms with Gasteiger partial charge in [-0.3, -0.25) is 33.9 Å². The van der Waals surface area contributed by atoms with Gasteiger partial charge in [-0.05, 0) is 0 Å². The van der Waals surface area contributed by atoms with Crippen LogP contribution in [0.2, 0.25) is 0 Å². The maximum atomic E-state index is 12.0. The van der Waals surface area contributed by atoms with Gasteiger partial charge in [0.25, 0.3) is 0 Å². The molecule has 11 nitrogen and oxygen atoms in total. The second-order valence-corrected chi connectivity index (χ2v) is 7.06. The minimum Gasteiger partial charge on any atom is -0.468 e. The van der Waals surface area contributed by atoms with Crippen LogP contribution in [0.25, 0.3) is 0 Å². The van der Waals surface area contributed by atoms with E-state index in [0.29, 0.717) is 52.4 Å². The van der Waals surface area contributed by atoms with Gasteiger partial charge in [0.1, 0.15) is 0 Å². The second-order valence-electron chi connectivity index (χ2n) is 7.06. The van der Waals surface area contributed by atoms with E-state index in [1.54, 1.807) is 4.90 Å². The number of hydrogen-bond acceptors (Lipinski definition) is 10. The zero-order valence-corrected chi connectivity index (χ0v) is 18.4. The molecule has 0 aromatic carbocycles. The van der Waals surface area contributed by atoms with Crippen molar-refractivity contribution in [2.75, 3.05) is 93.3 Å². The third-order valence-corrected chi connectivity index (χ3v) is 5.02. The molecule has 1 fully saturated rings. The first-order chi connectivity index (χ1) is 14.3. The monoisotopic (exact) mass is 430 g/mol. The minimum absolute atomic E-state index is 0.0737. The van der Waals surface area contributed by atoms with Gasteiger partial charge in [-0.25, -0.2) is 0 Å². The van der Waals surface area contributed by atoms with Crippen LogP contribution in [0.4, 0.5) is 0 Å². The summed E-state index contributed by atoms with van der Waals surface area (Å²) in [4.78, 5) is 54.8. The van der Waals surface area contributed by atoms with Crippen LogP contribution < -0.4 is 0 Å². The Kier molecular flexibility index (Phi) is 11.9. The van der Waals surface area contributed by atoms with E-state index in [2.05, 4.69) is 0 Å². The van der Waals surface area contributed by atoms with Crippen molar-refractivity contribution in [3.05, 3.63) is 0 Å². The lowest BCUT2D eigenvalue weighted by Gasteiger charge is -2.33. The average Bonchev–Trinajstić information content (AvgIpc) is 2.72. The van der Waals surface area contributed by atoms with Gasteiger partial charge >= 0.3 is 17.9 Å². The molecule has 0 aromatic heterocycles. The molecule has 0 bridgehead atoms. The summed E-state index contributed by atoms with van der Waals surface area (Å²) in [5.74, 6) is -1.15. The molecule has 1 rings (SSSR count). The van der Waals surface area contributed by atoms with E-state index in [1.807, 2.05) is 14.7 Å². The molecule has 0 saturated carbocycles. The van der Waals surface area contributed by atoms with Crippen molar-refractivity contribution in [2.24, 2.45) is 0 Å². The predicted octanol–water partition coefficient (Wildman–Crippen LogP) is -1.73. The summed E-state index contributed by atoms with van der Waals surface area (Å²) in [6.45, 7) is 5.69. The van der Waals surface area contributed by atoms with E-state index in [-0.39, 0.29) is 43.4 Å². The Hall–Kier alpha value is -2.24. The van der Waals surface area contributed by atoms with Crippen LogP contribution in [0.5, 0.6) is 0 Å². The maximum Gasteiger partial charge on any atom is 0.319 e. The number of methoxy groups -OCH3 is 3. The molecule has 30 heavy (non-hydrogen) atoms. The Labute approximate surface area is 177 Å². The SMILES string of the molecule is COC(=O)CN1CCN(CC(=O)OC)CCN(C(C)=O)CCN(CC(=O)OC)CC1. The molecule has 1 heterocycles. The van der Waals surface area contributed by atoms with Crippen LogP contribution in [0.3, 0.4) is 0 Å². The molecule has 172 valence electrons. The van der Waals surface area contributed by atoms with Crippen molar-refractivity contribution in [3.63, 3.8) is 0 Å². The van der Waals surface area contributed by atoms with Crippen LogP contribution in [-0.2, 0) is 33.4 Å². The van der Waals surface area contributed by atoms with E-state index in [0.717, 1.165) is 0 Å². The lowest BCUT2D eigenvalue weighted by atomic mass is 10.3. The Bertz CT molecular complexity index is 553. The number of amides is 1. The number of carbonyl (C=O) groups excluding carboxylic acids is 4. The van der Waals surface area contributed by atoms with E-state index in [4.69, 9.17) is 14.2 Å². The highest BCUT2D eigenvalue weighted by Crippen LogP contribution is 2.02. The third-order valence-electron chi connectivity index (χ3n) is 5.02. The quantitative estimate of drug-likeness (QED) is 0.356. The summed E-state index contributed by atoms with van der Waals surface area (Å²) in [6, 6.07) is 0. The van der Waals surface area contributed by atoms with Gasteiger partial charge in [0, 0.05) is 59.3 Å². The first-order valence-electron chi connectivity index (χ1n) is 9.92. The molecule has 0 spiro atoms. The fourth-order valence-electron chi connectivity index (χ4n) is 3.07. The summed E-state index contributed by atoms with van der Waals surface area (Å²) >= 11 is 0. The molecule has 0 radical (unpaired) electrons. The van der Waals surface area contributed by atoms with Gasteiger partial charge in [-0.1, -0.05) is 0 Å². The average molecular weight is 431 g/mol. The van der Waals surface area contributed by atoms with Gasteiger partial charge in [0.2, 0.25) is 5.91 Å². The second kappa shape index (κ2) is 13.9. The Morgan fingerprint density at radius 3 is 1.07 bits per heavy atom. The molecule has 0 aliphatic carbocycles. The zero-order valence-electron chi connectivity index (χ0n) is 18.4. The number of nitrogens with zero attached hydrogens (tertiary/aromatic N) is 4. The molecule has 0 atom stereocenters. The van der Waals surface area contributed by atoms with Gasteiger partial charge in [0.15, 0.2) is 0 Å². The van der Waals surface area contributed by atoms with Crippen LogP contribution in [0.1, 0.15) is 6.92 Å². The van der Waals surface area contributed by atoms with Crippen LogP contribution >= 0.6 is 0 Å². The van der Waals surface area contributed by atoms with E-state index < -0.39 is 0 Å². The number of carbonyl (C=O) groups is 4. The maximum absolute atomic E-state index is 12.0. The smallest absolute Gasteiger partial charge is 0.319 e. The molecular formula is C19H34N4O7. The third kappa shape index (κ3) is 9.99. The summed E-state index contributed by atoms with van der Waals surface area (Å²) in [5.41, 5.74) is 0. The summed E-state index contributed by atoms with van der Waals surface area (Å²) < 4.78 is 14.3.